The molecule has 0 atom stereocenters. The highest BCUT2D eigenvalue weighted by molar-refractivity contribution is 5.66. The standard InChI is InChI=1S/C12H7F3O2/c13-9-3-6(16)1-2-7(9)8-4-11(15)12(17)5-10(8)14/h1-5,16-17H. The van der Waals surface area contributed by atoms with Crippen LogP contribution in [0, 0.1) is 17.5 Å². The highest BCUT2D eigenvalue weighted by Crippen LogP contribution is 2.31. The lowest BCUT2D eigenvalue weighted by Crippen LogP contribution is -1.90. The minimum Gasteiger partial charge on any atom is -0.508 e. The first-order valence-electron chi connectivity index (χ1n) is 4.66. The van der Waals surface area contributed by atoms with E-state index in [9.17, 15) is 13.2 Å². The normalized spacial score (nSPS) is 10.5. The molecule has 0 saturated heterocycles. The van der Waals surface area contributed by atoms with E-state index in [1.54, 1.807) is 0 Å². The summed E-state index contributed by atoms with van der Waals surface area (Å²) in [4.78, 5) is 0. The van der Waals surface area contributed by atoms with Crippen molar-refractivity contribution in [3.05, 3.63) is 47.8 Å². The van der Waals surface area contributed by atoms with Crippen LogP contribution in [-0.4, -0.2) is 10.2 Å². The smallest absolute Gasteiger partial charge is 0.165 e. The molecule has 2 N–H and O–H groups in total. The van der Waals surface area contributed by atoms with Gasteiger partial charge in [-0.15, -0.1) is 0 Å². The first-order valence-corrected chi connectivity index (χ1v) is 4.66. The van der Waals surface area contributed by atoms with Crippen molar-refractivity contribution in [2.24, 2.45) is 0 Å². The molecule has 0 aliphatic rings. The molecule has 0 aromatic heterocycles. The van der Waals surface area contributed by atoms with Gasteiger partial charge in [0.2, 0.25) is 0 Å². The Hall–Kier alpha value is -2.17. The van der Waals surface area contributed by atoms with Gasteiger partial charge >= 0.3 is 0 Å². The number of phenols is 2. The molecule has 88 valence electrons. The number of rotatable bonds is 1. The quantitative estimate of drug-likeness (QED) is 0.803. The van der Waals surface area contributed by atoms with E-state index < -0.39 is 23.2 Å². The lowest BCUT2D eigenvalue weighted by molar-refractivity contribution is 0.427. The number of aromatic hydroxyl groups is 2. The SMILES string of the molecule is Oc1ccc(-c2cc(F)c(O)cc2F)c(F)c1. The van der Waals surface area contributed by atoms with Crippen molar-refractivity contribution in [3.63, 3.8) is 0 Å². The van der Waals surface area contributed by atoms with Crippen molar-refractivity contribution in [1.82, 2.24) is 0 Å². The van der Waals surface area contributed by atoms with Gasteiger partial charge in [-0.05, 0) is 18.2 Å². The van der Waals surface area contributed by atoms with Crippen LogP contribution in [0.25, 0.3) is 11.1 Å². The molecular formula is C12H7F3O2. The van der Waals surface area contributed by atoms with E-state index in [4.69, 9.17) is 10.2 Å². The van der Waals surface area contributed by atoms with Gasteiger partial charge in [0.25, 0.3) is 0 Å². The second-order valence-electron chi connectivity index (χ2n) is 3.45. The second kappa shape index (κ2) is 4.01. The molecule has 2 rings (SSSR count). The average molecular weight is 240 g/mol. The fourth-order valence-electron chi connectivity index (χ4n) is 1.47. The summed E-state index contributed by atoms with van der Waals surface area (Å²) in [7, 11) is 0. The molecule has 0 spiro atoms. The molecule has 2 nitrogen and oxygen atoms in total. The van der Waals surface area contributed by atoms with Gasteiger partial charge in [-0.3, -0.25) is 0 Å². The summed E-state index contributed by atoms with van der Waals surface area (Å²) in [6.07, 6.45) is 0. The van der Waals surface area contributed by atoms with Crippen LogP contribution in [0.15, 0.2) is 30.3 Å². The minimum absolute atomic E-state index is 0.195. The van der Waals surface area contributed by atoms with E-state index in [0.29, 0.717) is 12.1 Å². The van der Waals surface area contributed by atoms with Crippen LogP contribution >= 0.6 is 0 Å². The molecule has 0 saturated carbocycles. The van der Waals surface area contributed by atoms with Gasteiger partial charge in [-0.2, -0.15) is 0 Å². The lowest BCUT2D eigenvalue weighted by Gasteiger charge is -2.06. The summed E-state index contributed by atoms with van der Waals surface area (Å²) in [6, 6.07) is 4.33. The zero-order valence-corrected chi connectivity index (χ0v) is 8.42. The van der Waals surface area contributed by atoms with Crippen molar-refractivity contribution in [1.29, 1.82) is 0 Å². The minimum atomic E-state index is -1.05. The van der Waals surface area contributed by atoms with Crippen LogP contribution in [-0.2, 0) is 0 Å². The molecule has 0 unspecified atom stereocenters. The summed E-state index contributed by atoms with van der Waals surface area (Å²) in [5, 5.41) is 17.9. The molecule has 2 aromatic rings. The zero-order valence-electron chi connectivity index (χ0n) is 8.42. The van der Waals surface area contributed by atoms with Crippen LogP contribution in [0.5, 0.6) is 11.5 Å². The predicted molar refractivity (Wildman–Crippen MR) is 55.1 cm³/mol. The fourth-order valence-corrected chi connectivity index (χ4v) is 1.47. The second-order valence-corrected chi connectivity index (χ2v) is 3.45. The molecule has 0 aliphatic carbocycles. The first-order chi connectivity index (χ1) is 7.99. The predicted octanol–water partition coefficient (Wildman–Crippen LogP) is 3.18. The Labute approximate surface area is 94.6 Å². The monoisotopic (exact) mass is 240 g/mol. The Balaban J connectivity index is 2.64. The Morgan fingerprint density at radius 3 is 2.00 bits per heavy atom. The number of hydrogen-bond acceptors (Lipinski definition) is 2. The molecular weight excluding hydrogens is 233 g/mol. The van der Waals surface area contributed by atoms with Gasteiger partial charge in [-0.1, -0.05) is 0 Å². The Kier molecular flexibility index (Phi) is 2.67. The molecule has 0 amide bonds. The molecule has 0 heterocycles. The van der Waals surface area contributed by atoms with Crippen LogP contribution in [0.4, 0.5) is 13.2 Å². The lowest BCUT2D eigenvalue weighted by atomic mass is 10.0. The molecule has 0 aliphatic heterocycles. The highest BCUT2D eigenvalue weighted by atomic mass is 19.1. The van der Waals surface area contributed by atoms with E-state index in [1.165, 1.54) is 0 Å². The van der Waals surface area contributed by atoms with Gasteiger partial charge in [-0.25, -0.2) is 13.2 Å². The summed E-state index contributed by atoms with van der Waals surface area (Å²) in [5.41, 5.74) is -0.517. The Morgan fingerprint density at radius 1 is 0.706 bits per heavy atom. The van der Waals surface area contributed by atoms with Crippen molar-refractivity contribution >= 4 is 0 Å². The maximum atomic E-state index is 13.4. The number of benzene rings is 2. The van der Waals surface area contributed by atoms with Crippen molar-refractivity contribution in [2.45, 2.75) is 0 Å². The van der Waals surface area contributed by atoms with E-state index in [-0.39, 0.29) is 16.9 Å². The van der Waals surface area contributed by atoms with Gasteiger partial charge < -0.3 is 10.2 Å². The van der Waals surface area contributed by atoms with E-state index in [0.717, 1.165) is 18.2 Å². The van der Waals surface area contributed by atoms with Crippen LogP contribution < -0.4 is 0 Å². The summed E-state index contributed by atoms with van der Waals surface area (Å²) in [5.74, 6) is -4.03. The Morgan fingerprint density at radius 2 is 1.35 bits per heavy atom. The Bertz CT molecular complexity index is 582. The van der Waals surface area contributed by atoms with Gasteiger partial charge in [0.1, 0.15) is 17.4 Å². The topological polar surface area (TPSA) is 40.5 Å². The summed E-state index contributed by atoms with van der Waals surface area (Å²) in [6.45, 7) is 0. The highest BCUT2D eigenvalue weighted by Gasteiger charge is 2.14. The molecule has 0 fully saturated rings. The number of phenolic OH excluding ortho intramolecular Hbond substituents is 2. The van der Waals surface area contributed by atoms with Gasteiger partial charge in [0, 0.05) is 23.3 Å². The third-order valence-corrected chi connectivity index (χ3v) is 2.28. The van der Waals surface area contributed by atoms with E-state index >= 15 is 0 Å². The first kappa shape index (κ1) is 11.3. The third kappa shape index (κ3) is 2.04. The molecule has 17 heavy (non-hydrogen) atoms. The van der Waals surface area contributed by atoms with Crippen molar-refractivity contribution < 1.29 is 23.4 Å². The number of hydrogen-bond donors (Lipinski definition) is 2. The van der Waals surface area contributed by atoms with Crippen LogP contribution in [0.3, 0.4) is 0 Å². The molecule has 2 aromatic carbocycles. The third-order valence-electron chi connectivity index (χ3n) is 2.28. The molecule has 0 bridgehead atoms. The summed E-state index contributed by atoms with van der Waals surface area (Å²) >= 11 is 0. The van der Waals surface area contributed by atoms with Gasteiger partial charge in [0.05, 0.1) is 0 Å². The van der Waals surface area contributed by atoms with E-state index in [2.05, 4.69) is 0 Å². The maximum absolute atomic E-state index is 13.4. The van der Waals surface area contributed by atoms with Crippen LogP contribution in [0.1, 0.15) is 0 Å². The number of halogens is 3. The van der Waals surface area contributed by atoms with Crippen molar-refractivity contribution in [2.75, 3.05) is 0 Å². The maximum Gasteiger partial charge on any atom is 0.165 e. The molecule has 5 heteroatoms. The average Bonchev–Trinajstić information content (AvgIpc) is 2.24. The molecule has 0 radical (unpaired) electrons. The fraction of sp³-hybridized carbons (Fsp3) is 0. The van der Waals surface area contributed by atoms with Crippen LogP contribution in [0.2, 0.25) is 0 Å². The van der Waals surface area contributed by atoms with Crippen molar-refractivity contribution in [3.8, 4) is 22.6 Å². The summed E-state index contributed by atoms with van der Waals surface area (Å²) < 4.78 is 39.9. The van der Waals surface area contributed by atoms with E-state index in [1.807, 2.05) is 0 Å². The van der Waals surface area contributed by atoms with Gasteiger partial charge in [0.15, 0.2) is 11.6 Å². The largest absolute Gasteiger partial charge is 0.508 e. The zero-order chi connectivity index (χ0) is 12.6.